The average Bonchev–Trinajstić information content (AvgIpc) is 3.28. The lowest BCUT2D eigenvalue weighted by Crippen LogP contribution is -2.21. The number of benzene rings is 2. The van der Waals surface area contributed by atoms with Gasteiger partial charge in [-0.3, -0.25) is 24.8 Å². The van der Waals surface area contributed by atoms with Crippen molar-refractivity contribution in [3.63, 3.8) is 0 Å². The molecule has 1 N–H and O–H groups in total. The maximum atomic E-state index is 11.0. The van der Waals surface area contributed by atoms with Gasteiger partial charge in [-0.25, -0.2) is 0 Å². The van der Waals surface area contributed by atoms with Crippen LogP contribution in [-0.4, -0.2) is 43.3 Å². The third-order valence-electron chi connectivity index (χ3n) is 5.86. The van der Waals surface area contributed by atoms with Crippen LogP contribution in [0.5, 0.6) is 0 Å². The zero-order chi connectivity index (χ0) is 22.6. The molecule has 7 heteroatoms. The van der Waals surface area contributed by atoms with Gasteiger partial charge in [0.2, 0.25) is 0 Å². The van der Waals surface area contributed by atoms with Crippen LogP contribution in [0.15, 0.2) is 84.5 Å². The molecule has 0 aliphatic carbocycles. The molecule has 0 saturated heterocycles. The third kappa shape index (κ3) is 4.57. The van der Waals surface area contributed by atoms with E-state index in [1.165, 1.54) is 0 Å². The van der Waals surface area contributed by atoms with E-state index in [0.29, 0.717) is 13.0 Å². The van der Waals surface area contributed by atoms with Gasteiger partial charge in [0.05, 0.1) is 22.8 Å². The van der Waals surface area contributed by atoms with Crippen LogP contribution >= 0.6 is 0 Å². The Hall–Kier alpha value is -4.13. The second-order valence-corrected chi connectivity index (χ2v) is 8.05. The summed E-state index contributed by atoms with van der Waals surface area (Å²) in [5.41, 5.74) is 7.03. The van der Waals surface area contributed by atoms with Gasteiger partial charge in [0.15, 0.2) is 0 Å². The third-order valence-corrected chi connectivity index (χ3v) is 5.86. The summed E-state index contributed by atoms with van der Waals surface area (Å²) in [5, 5.41) is 16.0. The molecular formula is C26H23N5O2. The topological polar surface area (TPSA) is 91.6 Å². The zero-order valence-corrected chi connectivity index (χ0v) is 18.0. The molecule has 164 valence electrons. The van der Waals surface area contributed by atoms with Gasteiger partial charge in [-0.2, -0.15) is 5.10 Å². The van der Waals surface area contributed by atoms with Crippen molar-refractivity contribution in [3.05, 3.63) is 90.5 Å². The molecule has 0 fully saturated rings. The lowest BCUT2D eigenvalue weighted by Gasteiger charge is -2.23. The summed E-state index contributed by atoms with van der Waals surface area (Å²) >= 11 is 0. The summed E-state index contributed by atoms with van der Waals surface area (Å²) in [7, 11) is 0. The fraction of sp³-hybridized carbons (Fsp3) is 0.192. The van der Waals surface area contributed by atoms with Crippen molar-refractivity contribution < 1.29 is 9.90 Å². The molecule has 0 amide bonds. The van der Waals surface area contributed by atoms with Crippen LogP contribution in [0.25, 0.3) is 22.2 Å². The Morgan fingerprint density at radius 3 is 2.48 bits per heavy atom. The Kier molecular flexibility index (Phi) is 5.76. The molecule has 5 rings (SSSR count). The highest BCUT2D eigenvalue weighted by Gasteiger charge is 2.29. The molecule has 7 nitrogen and oxygen atoms in total. The largest absolute Gasteiger partial charge is 0.481 e. The normalized spacial score (nSPS) is 15.6. The summed E-state index contributed by atoms with van der Waals surface area (Å²) in [6.07, 6.45) is 8.40. The van der Waals surface area contributed by atoms with Gasteiger partial charge in [-0.1, -0.05) is 36.4 Å². The fourth-order valence-electron chi connectivity index (χ4n) is 4.19. The van der Waals surface area contributed by atoms with Crippen LogP contribution in [0.1, 0.15) is 36.4 Å². The quantitative estimate of drug-likeness (QED) is 0.450. The van der Waals surface area contributed by atoms with Crippen molar-refractivity contribution in [1.29, 1.82) is 0 Å². The monoisotopic (exact) mass is 437 g/mol. The number of carboxylic acid groups (broad SMARTS) is 1. The van der Waals surface area contributed by atoms with E-state index in [2.05, 4.69) is 51.4 Å². The summed E-state index contributed by atoms with van der Waals surface area (Å²) < 4.78 is 0. The van der Waals surface area contributed by atoms with E-state index in [4.69, 9.17) is 10.2 Å². The van der Waals surface area contributed by atoms with E-state index in [0.717, 1.165) is 45.4 Å². The van der Waals surface area contributed by atoms with E-state index in [-0.39, 0.29) is 12.5 Å². The Morgan fingerprint density at radius 1 is 0.939 bits per heavy atom. The summed E-state index contributed by atoms with van der Waals surface area (Å²) in [6, 6.07) is 18.4. The summed E-state index contributed by atoms with van der Waals surface area (Å²) in [5.74, 6) is -0.790. The number of aliphatic carboxylic acids is 1. The van der Waals surface area contributed by atoms with Crippen LogP contribution in [0, 0.1) is 0 Å². The lowest BCUT2D eigenvalue weighted by atomic mass is 9.96. The zero-order valence-electron chi connectivity index (χ0n) is 18.0. The first-order valence-electron chi connectivity index (χ1n) is 10.9. The number of nitrogens with zero attached hydrogens (tertiary/aromatic N) is 5. The molecule has 1 aliphatic rings. The number of hydrazone groups is 1. The van der Waals surface area contributed by atoms with E-state index in [9.17, 15) is 4.79 Å². The van der Waals surface area contributed by atoms with Crippen LogP contribution in [0.4, 0.5) is 0 Å². The molecule has 0 radical (unpaired) electrons. The van der Waals surface area contributed by atoms with Crippen molar-refractivity contribution in [1.82, 2.24) is 20.0 Å². The first-order valence-corrected chi connectivity index (χ1v) is 10.9. The number of rotatable bonds is 7. The minimum atomic E-state index is -0.790. The molecule has 0 bridgehead atoms. The molecule has 1 aliphatic heterocycles. The molecule has 1 atom stereocenters. The second kappa shape index (κ2) is 9.16. The molecule has 0 saturated carbocycles. The van der Waals surface area contributed by atoms with Crippen LogP contribution in [0.3, 0.4) is 0 Å². The number of aromatic nitrogens is 3. The van der Waals surface area contributed by atoms with E-state index in [1.807, 2.05) is 29.4 Å². The van der Waals surface area contributed by atoms with Gasteiger partial charge in [0.1, 0.15) is 0 Å². The fourth-order valence-corrected chi connectivity index (χ4v) is 4.19. The summed E-state index contributed by atoms with van der Waals surface area (Å²) in [4.78, 5) is 24.0. The second-order valence-electron chi connectivity index (χ2n) is 8.05. The standard InChI is InChI=1S/C26H23N5O2/c32-26(33)4-2-14-31-25(20-9-10-22-24(15-20)29-13-12-28-22)16-23(30-31)19-7-5-18(6-8-19)21-3-1-11-27-17-21/h1,3,5-13,15,17,25H,2,4,14,16H2,(H,32,33). The van der Waals surface area contributed by atoms with Crippen molar-refractivity contribution in [3.8, 4) is 11.1 Å². The van der Waals surface area contributed by atoms with Crippen molar-refractivity contribution >= 4 is 22.7 Å². The Balaban J connectivity index is 1.42. The number of carbonyl (C=O) groups is 1. The number of fused-ring (bicyclic) bond motifs is 1. The molecule has 3 heterocycles. The molecule has 0 spiro atoms. The van der Waals surface area contributed by atoms with Crippen molar-refractivity contribution in [2.24, 2.45) is 5.10 Å². The molecule has 2 aromatic carbocycles. The molecule has 4 aromatic rings. The molecular weight excluding hydrogens is 414 g/mol. The van der Waals surface area contributed by atoms with Crippen LogP contribution in [-0.2, 0) is 4.79 Å². The van der Waals surface area contributed by atoms with Crippen molar-refractivity contribution in [2.75, 3.05) is 6.54 Å². The van der Waals surface area contributed by atoms with E-state index in [1.54, 1.807) is 18.6 Å². The minimum Gasteiger partial charge on any atom is -0.481 e. The molecule has 33 heavy (non-hydrogen) atoms. The number of pyridine rings is 1. The van der Waals surface area contributed by atoms with Gasteiger partial charge in [-0.05, 0) is 46.9 Å². The summed E-state index contributed by atoms with van der Waals surface area (Å²) in [6.45, 7) is 0.576. The van der Waals surface area contributed by atoms with Crippen LogP contribution < -0.4 is 0 Å². The van der Waals surface area contributed by atoms with Gasteiger partial charge in [-0.15, -0.1) is 0 Å². The Labute approximate surface area is 191 Å². The predicted molar refractivity (Wildman–Crippen MR) is 127 cm³/mol. The van der Waals surface area contributed by atoms with Gasteiger partial charge in [0, 0.05) is 44.2 Å². The van der Waals surface area contributed by atoms with Crippen LogP contribution in [0.2, 0.25) is 0 Å². The Bertz CT molecular complexity index is 1310. The highest BCUT2D eigenvalue weighted by atomic mass is 16.4. The van der Waals surface area contributed by atoms with Gasteiger partial charge < -0.3 is 5.11 Å². The lowest BCUT2D eigenvalue weighted by molar-refractivity contribution is -0.137. The van der Waals surface area contributed by atoms with Gasteiger partial charge in [0.25, 0.3) is 0 Å². The predicted octanol–water partition coefficient (Wildman–Crippen LogP) is 4.71. The Morgan fingerprint density at radius 2 is 1.73 bits per heavy atom. The highest BCUT2D eigenvalue weighted by molar-refractivity contribution is 6.02. The minimum absolute atomic E-state index is 0.0261. The average molecular weight is 438 g/mol. The maximum Gasteiger partial charge on any atom is 0.303 e. The number of hydrogen-bond acceptors (Lipinski definition) is 6. The van der Waals surface area contributed by atoms with E-state index >= 15 is 0 Å². The molecule has 1 unspecified atom stereocenters. The van der Waals surface area contributed by atoms with Crippen molar-refractivity contribution in [2.45, 2.75) is 25.3 Å². The van der Waals surface area contributed by atoms with E-state index < -0.39 is 5.97 Å². The smallest absolute Gasteiger partial charge is 0.303 e. The first-order chi connectivity index (χ1) is 16.2. The van der Waals surface area contributed by atoms with Gasteiger partial charge >= 0.3 is 5.97 Å². The molecule has 2 aromatic heterocycles. The maximum absolute atomic E-state index is 11.0. The number of carboxylic acids is 1. The highest BCUT2D eigenvalue weighted by Crippen LogP contribution is 2.34. The first kappa shape index (κ1) is 20.8. The SMILES string of the molecule is O=C(O)CCCN1N=C(c2ccc(-c3cccnc3)cc2)CC1c1ccc2nccnc2c1. The number of hydrogen-bond donors (Lipinski definition) is 1.